The van der Waals surface area contributed by atoms with E-state index in [4.69, 9.17) is 4.74 Å². The number of hydrogen-bond donors (Lipinski definition) is 2. The molecule has 1 aliphatic rings. The van der Waals surface area contributed by atoms with Gasteiger partial charge in [0.15, 0.2) is 5.96 Å². The molecule has 1 aromatic carbocycles. The van der Waals surface area contributed by atoms with E-state index >= 15 is 0 Å². The molecule has 0 atom stereocenters. The summed E-state index contributed by atoms with van der Waals surface area (Å²) in [5, 5.41) is 15.5. The van der Waals surface area contributed by atoms with E-state index in [9.17, 15) is 0 Å². The predicted molar refractivity (Wildman–Crippen MR) is 127 cm³/mol. The lowest BCUT2D eigenvalue weighted by molar-refractivity contribution is 0.411. The third-order valence-corrected chi connectivity index (χ3v) is 5.23. The predicted octanol–water partition coefficient (Wildman–Crippen LogP) is 2.89. The normalized spacial score (nSPS) is 13.8. The van der Waals surface area contributed by atoms with Crippen LogP contribution >= 0.6 is 24.0 Å². The molecule has 3 rings (SSSR count). The fourth-order valence-electron chi connectivity index (χ4n) is 3.59. The molecule has 0 fully saturated rings. The lowest BCUT2D eigenvalue weighted by atomic mass is 10.1. The van der Waals surface area contributed by atoms with Crippen LogP contribution in [-0.2, 0) is 25.8 Å². The molecule has 0 aliphatic carbocycles. The largest absolute Gasteiger partial charge is 0.496 e. The summed E-state index contributed by atoms with van der Waals surface area (Å²) in [5.74, 6) is 3.97. The molecule has 160 valence electrons. The van der Waals surface area contributed by atoms with Crippen LogP contribution in [-0.4, -0.2) is 48.0 Å². The topological polar surface area (TPSA) is 76.4 Å². The van der Waals surface area contributed by atoms with Crippen LogP contribution in [0.2, 0.25) is 0 Å². The highest BCUT2D eigenvalue weighted by molar-refractivity contribution is 14.0. The molecule has 0 saturated carbocycles. The van der Waals surface area contributed by atoms with Gasteiger partial charge >= 0.3 is 0 Å². The summed E-state index contributed by atoms with van der Waals surface area (Å²) in [6.07, 6.45) is 6.54. The summed E-state index contributed by atoms with van der Waals surface area (Å²) in [5.41, 5.74) is 2.40. The van der Waals surface area contributed by atoms with Crippen LogP contribution in [0.5, 0.6) is 5.75 Å². The van der Waals surface area contributed by atoms with Crippen LogP contribution in [0.4, 0.5) is 0 Å². The number of hydrogen-bond acceptors (Lipinski definition) is 4. The van der Waals surface area contributed by atoms with Crippen molar-refractivity contribution in [2.24, 2.45) is 4.99 Å². The van der Waals surface area contributed by atoms with Gasteiger partial charge in [-0.05, 0) is 43.4 Å². The molecule has 0 radical (unpaired) electrons. The minimum absolute atomic E-state index is 0. The quantitative estimate of drug-likeness (QED) is 0.339. The van der Waals surface area contributed by atoms with E-state index in [2.05, 4.69) is 55.5 Å². The standard InChI is InChI=1S/C21H32N6O.HI/c1-16-8-9-17(15-18(16)28-3)10-12-23-21(22-2)24-13-11-20-26-25-19-7-5-4-6-14-27(19)20;/h8-9,15H,4-7,10-14H2,1-3H3,(H2,22,23,24);1H. The maximum absolute atomic E-state index is 5.40. The van der Waals surface area contributed by atoms with Crippen LogP contribution < -0.4 is 15.4 Å². The SMILES string of the molecule is CN=C(NCCc1ccc(C)c(OC)c1)NCCc1nnc2n1CCCCC2.I. The van der Waals surface area contributed by atoms with E-state index < -0.39 is 0 Å². The molecule has 1 aliphatic heterocycles. The zero-order chi connectivity index (χ0) is 19.8. The Balaban J connectivity index is 0.00000300. The average Bonchev–Trinajstić information content (AvgIpc) is 2.94. The van der Waals surface area contributed by atoms with Crippen LogP contribution in [0.25, 0.3) is 0 Å². The first-order valence-corrected chi connectivity index (χ1v) is 10.2. The number of guanidine groups is 1. The smallest absolute Gasteiger partial charge is 0.191 e. The lowest BCUT2D eigenvalue weighted by Crippen LogP contribution is -2.39. The lowest BCUT2D eigenvalue weighted by Gasteiger charge is -2.13. The maximum atomic E-state index is 5.40. The number of nitrogens with one attached hydrogen (secondary N) is 2. The summed E-state index contributed by atoms with van der Waals surface area (Å²) in [6, 6.07) is 6.35. The van der Waals surface area contributed by atoms with Gasteiger partial charge in [-0.2, -0.15) is 0 Å². The molecular formula is C21H33IN6O. The van der Waals surface area contributed by atoms with Crippen molar-refractivity contribution in [2.75, 3.05) is 27.2 Å². The number of nitrogens with zero attached hydrogens (tertiary/aromatic N) is 4. The van der Waals surface area contributed by atoms with Gasteiger partial charge in [0, 0.05) is 39.5 Å². The van der Waals surface area contributed by atoms with E-state index in [1.54, 1.807) is 14.2 Å². The molecular weight excluding hydrogens is 479 g/mol. The second kappa shape index (κ2) is 12.0. The molecule has 2 N–H and O–H groups in total. The first-order chi connectivity index (χ1) is 13.7. The molecule has 7 nitrogen and oxygen atoms in total. The molecule has 8 heteroatoms. The highest BCUT2D eigenvalue weighted by atomic mass is 127. The van der Waals surface area contributed by atoms with Gasteiger partial charge in [-0.25, -0.2) is 0 Å². The molecule has 0 saturated heterocycles. The van der Waals surface area contributed by atoms with E-state index in [0.717, 1.165) is 67.8 Å². The monoisotopic (exact) mass is 512 g/mol. The Labute approximate surface area is 190 Å². The number of aryl methyl sites for hydroxylation is 2. The van der Waals surface area contributed by atoms with Gasteiger partial charge in [0.1, 0.15) is 17.4 Å². The van der Waals surface area contributed by atoms with Crippen molar-refractivity contribution in [3.63, 3.8) is 0 Å². The van der Waals surface area contributed by atoms with E-state index in [1.165, 1.54) is 24.8 Å². The Hall–Kier alpha value is -1.84. The van der Waals surface area contributed by atoms with Gasteiger partial charge in [0.2, 0.25) is 0 Å². The molecule has 0 amide bonds. The summed E-state index contributed by atoms with van der Waals surface area (Å²) in [6.45, 7) is 4.70. The van der Waals surface area contributed by atoms with Crippen LogP contribution in [0, 0.1) is 6.92 Å². The number of rotatable bonds is 7. The van der Waals surface area contributed by atoms with Gasteiger partial charge in [-0.3, -0.25) is 4.99 Å². The Bertz CT molecular complexity index is 804. The molecule has 2 aromatic rings. The van der Waals surface area contributed by atoms with E-state index in [1.807, 2.05) is 0 Å². The zero-order valence-corrected chi connectivity index (χ0v) is 20.0. The highest BCUT2D eigenvalue weighted by Gasteiger charge is 2.14. The van der Waals surface area contributed by atoms with Crippen molar-refractivity contribution in [1.29, 1.82) is 0 Å². The van der Waals surface area contributed by atoms with Crippen LogP contribution in [0.1, 0.15) is 42.0 Å². The van der Waals surface area contributed by atoms with E-state index in [-0.39, 0.29) is 24.0 Å². The van der Waals surface area contributed by atoms with Crippen molar-refractivity contribution in [3.05, 3.63) is 41.0 Å². The van der Waals surface area contributed by atoms with E-state index in [0.29, 0.717) is 0 Å². The van der Waals surface area contributed by atoms with Crippen molar-refractivity contribution < 1.29 is 4.74 Å². The number of halogens is 1. The van der Waals surface area contributed by atoms with Gasteiger partial charge in [-0.1, -0.05) is 18.6 Å². The number of aromatic nitrogens is 3. The first-order valence-electron chi connectivity index (χ1n) is 10.2. The first kappa shape index (κ1) is 23.4. The average molecular weight is 512 g/mol. The highest BCUT2D eigenvalue weighted by Crippen LogP contribution is 2.19. The number of methoxy groups -OCH3 is 1. The number of aliphatic imine (C=N–C) groups is 1. The molecule has 2 heterocycles. The van der Waals surface area contributed by atoms with Gasteiger partial charge in [0.25, 0.3) is 0 Å². The molecule has 29 heavy (non-hydrogen) atoms. The van der Waals surface area contributed by atoms with Gasteiger partial charge in [-0.15, -0.1) is 34.2 Å². The summed E-state index contributed by atoms with van der Waals surface area (Å²) < 4.78 is 7.70. The van der Waals surface area contributed by atoms with Crippen molar-refractivity contribution in [3.8, 4) is 5.75 Å². The minimum Gasteiger partial charge on any atom is -0.496 e. The molecule has 1 aromatic heterocycles. The fourth-order valence-corrected chi connectivity index (χ4v) is 3.59. The number of fused-ring (bicyclic) bond motifs is 1. The van der Waals surface area contributed by atoms with Crippen molar-refractivity contribution in [1.82, 2.24) is 25.4 Å². The third kappa shape index (κ3) is 6.58. The second-order valence-corrected chi connectivity index (χ2v) is 7.22. The van der Waals surface area contributed by atoms with Crippen LogP contribution in [0.15, 0.2) is 23.2 Å². The number of benzene rings is 1. The number of ether oxygens (including phenoxy) is 1. The summed E-state index contributed by atoms with van der Waals surface area (Å²) in [4.78, 5) is 4.32. The summed E-state index contributed by atoms with van der Waals surface area (Å²) >= 11 is 0. The zero-order valence-electron chi connectivity index (χ0n) is 17.7. The van der Waals surface area contributed by atoms with Gasteiger partial charge in [0.05, 0.1) is 7.11 Å². The Morgan fingerprint density at radius 3 is 2.69 bits per heavy atom. The minimum atomic E-state index is 0. The van der Waals surface area contributed by atoms with Crippen molar-refractivity contribution in [2.45, 2.75) is 52.0 Å². The van der Waals surface area contributed by atoms with Crippen LogP contribution in [0.3, 0.4) is 0 Å². The maximum Gasteiger partial charge on any atom is 0.191 e. The molecule has 0 bridgehead atoms. The third-order valence-electron chi connectivity index (χ3n) is 5.23. The second-order valence-electron chi connectivity index (χ2n) is 7.22. The van der Waals surface area contributed by atoms with Gasteiger partial charge < -0.3 is 19.9 Å². The fraction of sp³-hybridized carbons (Fsp3) is 0.571. The summed E-state index contributed by atoms with van der Waals surface area (Å²) in [7, 11) is 3.51. The molecule has 0 unspecified atom stereocenters. The molecule has 0 spiro atoms. The Morgan fingerprint density at radius 2 is 1.93 bits per heavy atom. The Morgan fingerprint density at radius 1 is 1.14 bits per heavy atom. The Kier molecular flexibility index (Phi) is 9.69. The van der Waals surface area contributed by atoms with Crippen molar-refractivity contribution >= 4 is 29.9 Å².